The fourth-order valence-corrected chi connectivity index (χ4v) is 12.4. The van der Waals surface area contributed by atoms with Gasteiger partial charge in [0.1, 0.15) is 11.2 Å². The van der Waals surface area contributed by atoms with Gasteiger partial charge in [-0.05, 0) is 119 Å². The van der Waals surface area contributed by atoms with Crippen molar-refractivity contribution in [1.82, 2.24) is 4.57 Å². The predicted octanol–water partition coefficient (Wildman–Crippen LogP) is 17.7. The molecule has 63 heavy (non-hydrogen) atoms. The van der Waals surface area contributed by atoms with E-state index in [4.69, 9.17) is 4.42 Å². The largest absolute Gasteiger partial charge is 0.456 e. The summed E-state index contributed by atoms with van der Waals surface area (Å²) in [7, 11) is 0. The van der Waals surface area contributed by atoms with E-state index in [1.54, 1.807) is 0 Å². The third-order valence-corrected chi connectivity index (χ3v) is 15.2. The second kappa shape index (κ2) is 13.4. The van der Waals surface area contributed by atoms with Crippen LogP contribution in [-0.2, 0) is 0 Å². The van der Waals surface area contributed by atoms with Crippen LogP contribution in [0.15, 0.2) is 211 Å². The Hall–Kier alpha value is -7.70. The van der Waals surface area contributed by atoms with Crippen molar-refractivity contribution in [2.24, 2.45) is 0 Å². The highest BCUT2D eigenvalue weighted by Crippen LogP contribution is 2.45. The van der Waals surface area contributed by atoms with E-state index < -0.39 is 0 Å². The van der Waals surface area contributed by atoms with Gasteiger partial charge in [0.25, 0.3) is 0 Å². The Morgan fingerprint density at radius 3 is 1.87 bits per heavy atom. The first kappa shape index (κ1) is 35.0. The van der Waals surface area contributed by atoms with Crippen molar-refractivity contribution in [2.75, 3.05) is 4.90 Å². The molecule has 14 rings (SSSR count). The number of thiophene rings is 2. The Morgan fingerprint density at radius 2 is 1.00 bits per heavy atom. The van der Waals surface area contributed by atoms with Gasteiger partial charge < -0.3 is 13.9 Å². The van der Waals surface area contributed by atoms with Gasteiger partial charge in [0.15, 0.2) is 0 Å². The van der Waals surface area contributed by atoms with Crippen molar-refractivity contribution < 1.29 is 4.42 Å². The van der Waals surface area contributed by atoms with Crippen LogP contribution < -0.4 is 4.90 Å². The van der Waals surface area contributed by atoms with Gasteiger partial charge in [-0.15, -0.1) is 22.7 Å². The summed E-state index contributed by atoms with van der Waals surface area (Å²) in [5.74, 6) is 0. The quantitative estimate of drug-likeness (QED) is 0.172. The minimum atomic E-state index is 0.884. The van der Waals surface area contributed by atoms with Gasteiger partial charge in [-0.3, -0.25) is 0 Å². The molecule has 4 heterocycles. The second-order valence-electron chi connectivity index (χ2n) is 16.5. The van der Waals surface area contributed by atoms with Crippen molar-refractivity contribution in [1.29, 1.82) is 0 Å². The third-order valence-electron chi connectivity index (χ3n) is 12.9. The lowest BCUT2D eigenvalue weighted by atomic mass is 9.99. The van der Waals surface area contributed by atoms with Crippen LogP contribution in [0.2, 0.25) is 0 Å². The summed E-state index contributed by atoms with van der Waals surface area (Å²) in [6.07, 6.45) is 0. The average Bonchev–Trinajstić information content (AvgIpc) is 4.09. The molecule has 14 aromatic rings. The van der Waals surface area contributed by atoms with Crippen LogP contribution >= 0.6 is 22.7 Å². The fourth-order valence-electron chi connectivity index (χ4n) is 10.1. The zero-order chi connectivity index (χ0) is 41.2. The van der Waals surface area contributed by atoms with E-state index in [2.05, 4.69) is 204 Å². The summed E-state index contributed by atoms with van der Waals surface area (Å²) < 4.78 is 14.0. The Labute approximate surface area is 369 Å². The molecule has 10 aromatic carbocycles. The van der Waals surface area contributed by atoms with Gasteiger partial charge >= 0.3 is 0 Å². The number of fused-ring (bicyclic) bond motifs is 14. The molecular weight excluding hydrogens is 805 g/mol. The fraction of sp³-hybridized carbons (Fsp3) is 0. The molecule has 0 radical (unpaired) electrons. The maximum atomic E-state index is 6.36. The molecule has 0 bridgehead atoms. The molecule has 0 fully saturated rings. The number of nitrogens with zero attached hydrogens (tertiary/aromatic N) is 2. The van der Waals surface area contributed by atoms with E-state index in [1.807, 2.05) is 34.8 Å². The van der Waals surface area contributed by atoms with E-state index in [0.29, 0.717) is 0 Å². The molecule has 0 atom stereocenters. The number of hydrogen-bond donors (Lipinski definition) is 0. The number of furan rings is 1. The Bertz CT molecular complexity index is 4150. The number of benzene rings is 10. The van der Waals surface area contributed by atoms with E-state index in [0.717, 1.165) is 39.0 Å². The molecule has 0 N–H and O–H groups in total. The van der Waals surface area contributed by atoms with Gasteiger partial charge in [-0.1, -0.05) is 103 Å². The van der Waals surface area contributed by atoms with E-state index in [-0.39, 0.29) is 0 Å². The van der Waals surface area contributed by atoms with Gasteiger partial charge in [0.2, 0.25) is 0 Å². The summed E-state index contributed by atoms with van der Waals surface area (Å²) in [5.41, 5.74) is 11.1. The molecule has 4 aromatic heterocycles. The standard InChI is InChI=1S/C58H34N2OS2/c1-3-11-38(12-4-1)59(40-22-25-43-42-15-7-9-17-52(42)61-53(43)32-40)41-23-26-45-44-24-19-36(31-56(44)63-57(45)33-41)35-20-27-50-48(29-35)49-34-47-37(30-51(49)60(50)39-13-5-2-6-14-39)21-28-55-58(47)46-16-8-10-18-54(46)62-55/h1-34H. The predicted molar refractivity (Wildman–Crippen MR) is 271 cm³/mol. The SMILES string of the molecule is c1ccc(N(c2ccc3c(c2)oc2ccccc23)c2ccc3c(c2)sc2cc(-c4ccc5c(c4)c4cc6c(ccc7sc8ccccc8c76)cc4n5-c4ccccc4)ccc23)cc1. The minimum Gasteiger partial charge on any atom is -0.456 e. The van der Waals surface area contributed by atoms with Crippen molar-refractivity contribution in [3.8, 4) is 16.8 Å². The molecule has 5 heteroatoms. The monoisotopic (exact) mass is 838 g/mol. The van der Waals surface area contributed by atoms with Gasteiger partial charge in [0.05, 0.1) is 11.0 Å². The zero-order valence-electron chi connectivity index (χ0n) is 33.7. The lowest BCUT2D eigenvalue weighted by Crippen LogP contribution is -2.09. The number of aromatic nitrogens is 1. The summed E-state index contributed by atoms with van der Waals surface area (Å²) in [5, 5.41) is 12.6. The summed E-state index contributed by atoms with van der Waals surface area (Å²) in [6.45, 7) is 0. The lowest BCUT2D eigenvalue weighted by Gasteiger charge is -2.25. The molecule has 0 unspecified atom stereocenters. The van der Waals surface area contributed by atoms with Crippen LogP contribution in [0.4, 0.5) is 17.1 Å². The van der Waals surface area contributed by atoms with Crippen LogP contribution in [0.3, 0.4) is 0 Å². The Balaban J connectivity index is 0.913. The molecule has 0 aliphatic rings. The van der Waals surface area contributed by atoms with E-state index in [9.17, 15) is 0 Å². The average molecular weight is 839 g/mol. The normalized spacial score (nSPS) is 12.1. The maximum absolute atomic E-state index is 6.36. The first-order valence-electron chi connectivity index (χ1n) is 21.3. The molecule has 0 aliphatic carbocycles. The molecular formula is C58H34N2OS2. The lowest BCUT2D eigenvalue weighted by molar-refractivity contribution is 0.669. The Kier molecular flexibility index (Phi) is 7.43. The van der Waals surface area contributed by atoms with Gasteiger partial charge in [0, 0.05) is 90.7 Å². The minimum absolute atomic E-state index is 0.884. The number of hydrogen-bond acceptors (Lipinski definition) is 4. The zero-order valence-corrected chi connectivity index (χ0v) is 35.4. The highest BCUT2D eigenvalue weighted by molar-refractivity contribution is 7.26. The summed E-state index contributed by atoms with van der Waals surface area (Å²) in [6, 6.07) is 75.5. The molecule has 0 saturated heterocycles. The van der Waals surface area contributed by atoms with Crippen LogP contribution in [0.5, 0.6) is 0 Å². The van der Waals surface area contributed by atoms with Crippen LogP contribution in [0, 0.1) is 0 Å². The molecule has 3 nitrogen and oxygen atoms in total. The smallest absolute Gasteiger partial charge is 0.137 e. The third kappa shape index (κ3) is 5.31. The van der Waals surface area contributed by atoms with Crippen LogP contribution in [-0.4, -0.2) is 4.57 Å². The highest BCUT2D eigenvalue weighted by Gasteiger charge is 2.19. The van der Waals surface area contributed by atoms with Crippen molar-refractivity contribution >= 4 is 135 Å². The maximum Gasteiger partial charge on any atom is 0.137 e. The second-order valence-corrected chi connectivity index (χ2v) is 18.6. The molecule has 0 amide bonds. The van der Waals surface area contributed by atoms with Crippen molar-refractivity contribution in [3.05, 3.63) is 206 Å². The summed E-state index contributed by atoms with van der Waals surface area (Å²) in [4.78, 5) is 2.33. The first-order chi connectivity index (χ1) is 31.2. The molecule has 0 aliphatic heterocycles. The van der Waals surface area contributed by atoms with Crippen molar-refractivity contribution in [2.45, 2.75) is 0 Å². The first-order valence-corrected chi connectivity index (χ1v) is 22.9. The van der Waals surface area contributed by atoms with Gasteiger partial charge in [-0.2, -0.15) is 0 Å². The van der Waals surface area contributed by atoms with Crippen LogP contribution in [0.25, 0.3) is 112 Å². The number of anilines is 3. The molecule has 0 spiro atoms. The molecule has 0 saturated carbocycles. The van der Waals surface area contributed by atoms with Gasteiger partial charge in [-0.25, -0.2) is 0 Å². The van der Waals surface area contributed by atoms with E-state index >= 15 is 0 Å². The summed E-state index contributed by atoms with van der Waals surface area (Å²) >= 11 is 3.74. The number of rotatable bonds is 5. The molecule has 294 valence electrons. The van der Waals surface area contributed by atoms with Crippen LogP contribution in [0.1, 0.15) is 0 Å². The Morgan fingerprint density at radius 1 is 0.349 bits per heavy atom. The van der Waals surface area contributed by atoms with Crippen molar-refractivity contribution in [3.63, 3.8) is 0 Å². The highest BCUT2D eigenvalue weighted by atomic mass is 32.1. The number of para-hydroxylation sites is 3. The van der Waals surface area contributed by atoms with E-state index in [1.165, 1.54) is 89.7 Å². The topological polar surface area (TPSA) is 21.3 Å².